The van der Waals surface area contributed by atoms with Gasteiger partial charge in [0.25, 0.3) is 0 Å². The number of allylic oxidation sites excluding steroid dienone is 2. The van der Waals surface area contributed by atoms with Crippen molar-refractivity contribution in [2.45, 2.75) is 4.90 Å². The maximum absolute atomic E-state index is 13.1. The van der Waals surface area contributed by atoms with Crippen LogP contribution < -0.4 is 20.7 Å². The Hall–Kier alpha value is -3.01. The molecule has 0 amide bonds. The van der Waals surface area contributed by atoms with Gasteiger partial charge in [-0.25, -0.2) is 13.6 Å². The number of fused-ring (bicyclic) bond motifs is 1. The second-order valence-electron chi connectivity index (χ2n) is 6.85. The van der Waals surface area contributed by atoms with Gasteiger partial charge in [-0.1, -0.05) is 24.3 Å². The summed E-state index contributed by atoms with van der Waals surface area (Å²) in [5, 5.41) is 11.6. The van der Waals surface area contributed by atoms with Gasteiger partial charge >= 0.3 is 0 Å². The number of carbonyl (C=O) groups is 2. The molecule has 1 aliphatic heterocycles. The van der Waals surface area contributed by atoms with Crippen molar-refractivity contribution in [1.29, 1.82) is 0 Å². The van der Waals surface area contributed by atoms with Crippen molar-refractivity contribution >= 4 is 33.0 Å². The first-order valence-corrected chi connectivity index (χ1v) is 10.7. The summed E-state index contributed by atoms with van der Waals surface area (Å²) in [7, 11) is -4.17. The first-order valence-electron chi connectivity index (χ1n) is 9.14. The maximum atomic E-state index is 13.1. The lowest BCUT2D eigenvalue weighted by Gasteiger charge is -2.31. The standard InChI is InChI=1S/C20H20N4O4S/c21-29(27,28)18-7-3-4-13-17(25)12-15(20(26)19(13)18)23-14-5-1-2-6-16(14)24-10-8-22-9-11-24/h1-7,12,22-23H,8-11H2,(H2,21,27,28). The topological polar surface area (TPSA) is 122 Å². The second-order valence-corrected chi connectivity index (χ2v) is 8.38. The van der Waals surface area contributed by atoms with E-state index >= 15 is 0 Å². The van der Waals surface area contributed by atoms with Crippen LogP contribution in [0.5, 0.6) is 0 Å². The molecule has 4 rings (SSSR count). The van der Waals surface area contributed by atoms with Crippen LogP contribution in [0.25, 0.3) is 0 Å². The van der Waals surface area contributed by atoms with Crippen molar-refractivity contribution in [3.63, 3.8) is 0 Å². The smallest absolute Gasteiger partial charge is 0.238 e. The number of rotatable bonds is 4. The predicted molar refractivity (Wildman–Crippen MR) is 110 cm³/mol. The van der Waals surface area contributed by atoms with Gasteiger partial charge in [0.2, 0.25) is 15.8 Å². The van der Waals surface area contributed by atoms with E-state index in [0.29, 0.717) is 5.69 Å². The van der Waals surface area contributed by atoms with E-state index in [2.05, 4.69) is 15.5 Å². The lowest BCUT2D eigenvalue weighted by atomic mass is 9.92. The van der Waals surface area contributed by atoms with Gasteiger partial charge in [-0.2, -0.15) is 0 Å². The summed E-state index contributed by atoms with van der Waals surface area (Å²) in [6, 6.07) is 11.5. The molecule has 1 aliphatic carbocycles. The third kappa shape index (κ3) is 3.67. The maximum Gasteiger partial charge on any atom is 0.238 e. The lowest BCUT2D eigenvalue weighted by Crippen LogP contribution is -2.43. The van der Waals surface area contributed by atoms with E-state index in [1.807, 2.05) is 24.3 Å². The minimum atomic E-state index is -4.17. The van der Waals surface area contributed by atoms with Gasteiger partial charge in [0.15, 0.2) is 5.78 Å². The summed E-state index contributed by atoms with van der Waals surface area (Å²) < 4.78 is 23.9. The van der Waals surface area contributed by atoms with Crippen LogP contribution in [0, 0.1) is 0 Å². The number of hydrogen-bond acceptors (Lipinski definition) is 7. The molecule has 2 aliphatic rings. The second kappa shape index (κ2) is 7.43. The van der Waals surface area contributed by atoms with Crippen molar-refractivity contribution in [2.75, 3.05) is 36.4 Å². The van der Waals surface area contributed by atoms with Gasteiger partial charge in [-0.3, -0.25) is 9.59 Å². The highest BCUT2D eigenvalue weighted by molar-refractivity contribution is 7.89. The molecule has 0 atom stereocenters. The quantitative estimate of drug-likeness (QED) is 0.688. The number of sulfonamides is 1. The minimum absolute atomic E-state index is 0.0150. The fourth-order valence-corrected chi connectivity index (χ4v) is 4.37. The van der Waals surface area contributed by atoms with Crippen LogP contribution in [0.1, 0.15) is 20.7 Å². The number of nitrogens with two attached hydrogens (primary N) is 1. The van der Waals surface area contributed by atoms with Crippen LogP contribution in [-0.2, 0) is 10.0 Å². The fraction of sp³-hybridized carbons (Fsp3) is 0.200. The summed E-state index contributed by atoms with van der Waals surface area (Å²) in [4.78, 5) is 27.5. The molecule has 0 radical (unpaired) electrons. The molecule has 0 unspecified atom stereocenters. The number of Topliss-reactive ketones (excluding diaryl/α,β-unsaturated/α-hetero) is 1. The van der Waals surface area contributed by atoms with E-state index in [1.54, 1.807) is 0 Å². The minimum Gasteiger partial charge on any atom is -0.367 e. The number of carbonyl (C=O) groups excluding carboxylic acids is 2. The molecule has 9 heteroatoms. The van der Waals surface area contributed by atoms with Crippen molar-refractivity contribution in [3.05, 3.63) is 65.4 Å². The zero-order valence-corrected chi connectivity index (χ0v) is 16.3. The van der Waals surface area contributed by atoms with E-state index in [1.165, 1.54) is 24.3 Å². The van der Waals surface area contributed by atoms with Crippen molar-refractivity contribution < 1.29 is 18.0 Å². The summed E-state index contributed by atoms with van der Waals surface area (Å²) in [5.74, 6) is -1.04. The zero-order valence-electron chi connectivity index (χ0n) is 15.5. The molecule has 29 heavy (non-hydrogen) atoms. The fourth-order valence-electron chi connectivity index (χ4n) is 3.62. The number of nitrogens with one attached hydrogen (secondary N) is 2. The largest absolute Gasteiger partial charge is 0.367 e. The molecular weight excluding hydrogens is 392 g/mol. The van der Waals surface area contributed by atoms with Crippen LogP contribution >= 0.6 is 0 Å². The van der Waals surface area contributed by atoms with Gasteiger partial charge in [0, 0.05) is 37.8 Å². The monoisotopic (exact) mass is 412 g/mol. The summed E-state index contributed by atoms with van der Waals surface area (Å²) in [6.45, 7) is 3.31. The Morgan fingerprint density at radius 3 is 2.45 bits per heavy atom. The molecule has 1 fully saturated rings. The van der Waals surface area contributed by atoms with Crippen LogP contribution in [0.2, 0.25) is 0 Å². The highest BCUT2D eigenvalue weighted by Gasteiger charge is 2.31. The highest BCUT2D eigenvalue weighted by atomic mass is 32.2. The van der Waals surface area contributed by atoms with E-state index in [4.69, 9.17) is 5.14 Å². The summed E-state index contributed by atoms with van der Waals surface area (Å²) in [5.41, 5.74) is 1.42. The zero-order chi connectivity index (χ0) is 20.6. The van der Waals surface area contributed by atoms with Gasteiger partial charge in [0.1, 0.15) is 0 Å². The average molecular weight is 412 g/mol. The Kier molecular flexibility index (Phi) is 4.95. The number of nitrogens with zero attached hydrogens (tertiary/aromatic N) is 1. The molecule has 0 spiro atoms. The van der Waals surface area contributed by atoms with E-state index in [-0.39, 0.29) is 21.7 Å². The normalized spacial score (nSPS) is 17.0. The highest BCUT2D eigenvalue weighted by Crippen LogP contribution is 2.31. The number of para-hydroxylation sites is 2. The van der Waals surface area contributed by atoms with Gasteiger partial charge in [-0.05, 0) is 18.2 Å². The number of primary sulfonamides is 1. The number of piperazine rings is 1. The number of hydrogen-bond donors (Lipinski definition) is 3. The van der Waals surface area contributed by atoms with Crippen molar-refractivity contribution in [2.24, 2.45) is 5.14 Å². The van der Waals surface area contributed by atoms with Crippen molar-refractivity contribution in [1.82, 2.24) is 5.32 Å². The van der Waals surface area contributed by atoms with E-state index in [9.17, 15) is 18.0 Å². The number of benzene rings is 2. The predicted octanol–water partition coefficient (Wildman–Crippen LogP) is 1.12. The molecule has 2 aromatic carbocycles. The summed E-state index contributed by atoms with van der Waals surface area (Å²) in [6.07, 6.45) is 1.20. The number of ketones is 2. The molecule has 150 valence electrons. The van der Waals surface area contributed by atoms with E-state index < -0.39 is 21.6 Å². The summed E-state index contributed by atoms with van der Waals surface area (Å²) >= 11 is 0. The molecular formula is C20H20N4O4S. The van der Waals surface area contributed by atoms with Crippen LogP contribution in [0.15, 0.2) is 59.1 Å². The molecule has 0 aromatic heterocycles. The first-order chi connectivity index (χ1) is 13.9. The molecule has 1 saturated heterocycles. The lowest BCUT2D eigenvalue weighted by molar-refractivity contribution is 0.0983. The molecule has 8 nitrogen and oxygen atoms in total. The Labute approximate surface area is 168 Å². The molecule has 1 heterocycles. The SMILES string of the molecule is NS(=O)(=O)c1cccc2c1C(=O)C(Nc1ccccc1N1CCNCC1)=CC2=O. The van der Waals surface area contributed by atoms with E-state index in [0.717, 1.165) is 31.9 Å². The average Bonchev–Trinajstić information content (AvgIpc) is 2.72. The van der Waals surface area contributed by atoms with Crippen molar-refractivity contribution in [3.8, 4) is 0 Å². The molecule has 2 aromatic rings. The van der Waals surface area contributed by atoms with Gasteiger partial charge in [0.05, 0.1) is 27.5 Å². The third-order valence-electron chi connectivity index (χ3n) is 4.98. The Morgan fingerprint density at radius 2 is 1.72 bits per heavy atom. The first kappa shape index (κ1) is 19.3. The Balaban J connectivity index is 1.73. The van der Waals surface area contributed by atoms with Gasteiger partial charge in [-0.15, -0.1) is 0 Å². The van der Waals surface area contributed by atoms with Crippen LogP contribution in [-0.4, -0.2) is 46.2 Å². The molecule has 4 N–H and O–H groups in total. The Morgan fingerprint density at radius 1 is 1.00 bits per heavy atom. The van der Waals surface area contributed by atoms with Crippen LogP contribution in [0.4, 0.5) is 11.4 Å². The molecule has 0 saturated carbocycles. The third-order valence-corrected chi connectivity index (χ3v) is 5.93. The van der Waals surface area contributed by atoms with Gasteiger partial charge < -0.3 is 15.5 Å². The number of anilines is 2. The Bertz CT molecular complexity index is 1130. The molecule has 0 bridgehead atoms. The van der Waals surface area contributed by atoms with Crippen LogP contribution in [0.3, 0.4) is 0 Å².